The Morgan fingerprint density at radius 1 is 1.03 bits per heavy atom. The first-order chi connectivity index (χ1) is 17.9. The molecule has 37 heavy (non-hydrogen) atoms. The Hall–Kier alpha value is -3.52. The van der Waals surface area contributed by atoms with E-state index in [9.17, 15) is 9.59 Å². The number of urea groups is 1. The molecule has 1 N–H and O–H groups in total. The number of nitrogens with zero attached hydrogens (tertiary/aromatic N) is 2. The van der Waals surface area contributed by atoms with Gasteiger partial charge in [-0.2, -0.15) is 0 Å². The van der Waals surface area contributed by atoms with Crippen molar-refractivity contribution in [2.75, 3.05) is 32.6 Å². The summed E-state index contributed by atoms with van der Waals surface area (Å²) in [6.45, 7) is 5.12. The quantitative estimate of drug-likeness (QED) is 0.354. The smallest absolute Gasteiger partial charge is 0.322 e. The van der Waals surface area contributed by atoms with Crippen LogP contribution in [0.3, 0.4) is 0 Å². The second-order valence-electron chi connectivity index (χ2n) is 9.37. The Morgan fingerprint density at radius 3 is 2.49 bits per heavy atom. The van der Waals surface area contributed by atoms with E-state index in [-0.39, 0.29) is 24.5 Å². The molecule has 1 saturated carbocycles. The minimum atomic E-state index is -0.222. The molecule has 0 saturated heterocycles. The number of thiophene rings is 1. The zero-order valence-electron chi connectivity index (χ0n) is 22.0. The van der Waals surface area contributed by atoms with Crippen molar-refractivity contribution in [2.45, 2.75) is 45.7 Å². The van der Waals surface area contributed by atoms with Crippen molar-refractivity contribution in [3.63, 3.8) is 0 Å². The number of carbonyl (C=O) groups excluding carboxylic acids is 2. The van der Waals surface area contributed by atoms with Crippen molar-refractivity contribution in [3.05, 3.63) is 75.5 Å². The molecule has 1 aromatic heterocycles. The normalized spacial score (nSPS) is 12.6. The number of ether oxygens (including phenoxy) is 2. The molecule has 7 nitrogen and oxygen atoms in total. The first-order valence-corrected chi connectivity index (χ1v) is 13.4. The molecular formula is C29H35N3O4S. The Balaban J connectivity index is 1.47. The fraction of sp³-hybridized carbons (Fsp3) is 0.379. The lowest BCUT2D eigenvalue weighted by Crippen LogP contribution is -2.45. The van der Waals surface area contributed by atoms with Gasteiger partial charge >= 0.3 is 6.03 Å². The van der Waals surface area contributed by atoms with Crippen molar-refractivity contribution in [1.82, 2.24) is 9.80 Å². The molecule has 4 rings (SSSR count). The second kappa shape index (κ2) is 12.1. The van der Waals surface area contributed by atoms with Gasteiger partial charge in [0.2, 0.25) is 5.91 Å². The van der Waals surface area contributed by atoms with Gasteiger partial charge in [0.25, 0.3) is 0 Å². The molecular weight excluding hydrogens is 486 g/mol. The summed E-state index contributed by atoms with van der Waals surface area (Å²) in [5.41, 5.74) is 3.98. The summed E-state index contributed by atoms with van der Waals surface area (Å²) >= 11 is 1.63. The lowest BCUT2D eigenvalue weighted by Gasteiger charge is -2.28. The molecule has 1 heterocycles. The number of anilines is 1. The molecule has 196 valence electrons. The molecule has 3 amide bonds. The predicted molar refractivity (Wildman–Crippen MR) is 148 cm³/mol. The third-order valence-electron chi connectivity index (χ3n) is 6.80. The van der Waals surface area contributed by atoms with Crippen LogP contribution in [0.4, 0.5) is 10.5 Å². The van der Waals surface area contributed by atoms with Crippen LogP contribution in [0.2, 0.25) is 0 Å². The van der Waals surface area contributed by atoms with E-state index < -0.39 is 0 Å². The number of aryl methyl sites for hydroxylation is 1. The van der Waals surface area contributed by atoms with Crippen molar-refractivity contribution >= 4 is 29.0 Å². The molecule has 0 spiro atoms. The van der Waals surface area contributed by atoms with Crippen LogP contribution in [0.15, 0.2) is 53.9 Å². The van der Waals surface area contributed by atoms with Gasteiger partial charge in [0, 0.05) is 23.2 Å². The fourth-order valence-corrected chi connectivity index (χ4v) is 4.97. The van der Waals surface area contributed by atoms with Gasteiger partial charge in [-0.15, -0.1) is 11.3 Å². The first kappa shape index (κ1) is 26.5. The number of rotatable bonds is 11. The highest BCUT2D eigenvalue weighted by Gasteiger charge is 2.35. The summed E-state index contributed by atoms with van der Waals surface area (Å²) in [7, 11) is 3.23. The highest BCUT2D eigenvalue weighted by atomic mass is 32.1. The minimum Gasteiger partial charge on any atom is -0.493 e. The largest absolute Gasteiger partial charge is 0.493 e. The standard InChI is InChI=1S/C29H35N3O4S/c1-20-7-5-9-25(21(20)2)30-29(34)32(23-11-12-23)19-28(33)31(18-24-8-6-16-37-24)15-14-22-10-13-26(35-3)27(17-22)36-4/h5-10,13,16-17,23H,11-12,14-15,18-19H2,1-4H3,(H,30,34). The number of hydrogen-bond donors (Lipinski definition) is 1. The molecule has 1 aliphatic carbocycles. The average Bonchev–Trinajstić information content (AvgIpc) is 3.61. The minimum absolute atomic E-state index is 0.0542. The molecule has 0 atom stereocenters. The molecule has 2 aromatic carbocycles. The van der Waals surface area contributed by atoms with Gasteiger partial charge < -0.3 is 24.6 Å². The predicted octanol–water partition coefficient (Wildman–Crippen LogP) is 5.65. The zero-order valence-corrected chi connectivity index (χ0v) is 22.8. The van der Waals surface area contributed by atoms with Gasteiger partial charge in [-0.05, 0) is 79.4 Å². The van der Waals surface area contributed by atoms with Crippen LogP contribution in [0.25, 0.3) is 0 Å². The molecule has 8 heteroatoms. The van der Waals surface area contributed by atoms with Crippen LogP contribution in [0, 0.1) is 13.8 Å². The lowest BCUT2D eigenvalue weighted by molar-refractivity contribution is -0.132. The fourth-order valence-electron chi connectivity index (χ4n) is 4.25. The van der Waals surface area contributed by atoms with Gasteiger partial charge in [0.05, 0.1) is 20.8 Å². The number of amides is 3. The SMILES string of the molecule is COc1ccc(CCN(Cc2cccs2)C(=O)CN(C(=O)Nc2cccc(C)c2C)C2CC2)cc1OC. The van der Waals surface area contributed by atoms with Gasteiger partial charge in [-0.1, -0.05) is 24.3 Å². The topological polar surface area (TPSA) is 71.1 Å². The van der Waals surface area contributed by atoms with Gasteiger partial charge in [-0.25, -0.2) is 4.79 Å². The lowest BCUT2D eigenvalue weighted by atomic mass is 10.1. The van der Waals surface area contributed by atoms with E-state index >= 15 is 0 Å². The number of benzene rings is 2. The van der Waals surface area contributed by atoms with Crippen molar-refractivity contribution < 1.29 is 19.1 Å². The van der Waals surface area contributed by atoms with Crippen LogP contribution in [0.1, 0.15) is 34.4 Å². The Morgan fingerprint density at radius 2 is 1.81 bits per heavy atom. The van der Waals surface area contributed by atoms with E-state index in [1.165, 1.54) is 0 Å². The molecule has 1 fully saturated rings. The first-order valence-electron chi connectivity index (χ1n) is 12.5. The van der Waals surface area contributed by atoms with Crippen molar-refractivity contribution in [2.24, 2.45) is 0 Å². The van der Waals surface area contributed by atoms with E-state index in [1.807, 2.05) is 72.7 Å². The van der Waals surface area contributed by atoms with Crippen LogP contribution >= 0.6 is 11.3 Å². The maximum Gasteiger partial charge on any atom is 0.322 e. The van der Waals surface area contributed by atoms with E-state index in [1.54, 1.807) is 30.5 Å². The molecule has 1 aliphatic rings. The molecule has 0 unspecified atom stereocenters. The summed E-state index contributed by atoms with van der Waals surface area (Å²) < 4.78 is 10.8. The van der Waals surface area contributed by atoms with Gasteiger partial charge in [-0.3, -0.25) is 4.79 Å². The number of nitrogens with one attached hydrogen (secondary N) is 1. The van der Waals surface area contributed by atoms with Crippen LogP contribution in [-0.4, -0.2) is 55.1 Å². The Labute approximate surface area is 223 Å². The third kappa shape index (κ3) is 6.83. The third-order valence-corrected chi connectivity index (χ3v) is 7.66. The monoisotopic (exact) mass is 521 g/mol. The van der Waals surface area contributed by atoms with E-state index in [2.05, 4.69) is 5.32 Å². The summed E-state index contributed by atoms with van der Waals surface area (Å²) in [4.78, 5) is 31.5. The Bertz CT molecular complexity index is 1220. The molecule has 0 bridgehead atoms. The summed E-state index contributed by atoms with van der Waals surface area (Å²) in [5, 5.41) is 5.05. The van der Waals surface area contributed by atoms with E-state index in [0.29, 0.717) is 31.0 Å². The second-order valence-corrected chi connectivity index (χ2v) is 10.4. The number of hydrogen-bond acceptors (Lipinski definition) is 5. The highest BCUT2D eigenvalue weighted by molar-refractivity contribution is 7.09. The summed E-state index contributed by atoms with van der Waals surface area (Å²) in [6, 6.07) is 15.6. The molecule has 3 aromatic rings. The highest BCUT2D eigenvalue weighted by Crippen LogP contribution is 2.29. The maximum absolute atomic E-state index is 13.6. The summed E-state index contributed by atoms with van der Waals surface area (Å²) in [6.07, 6.45) is 2.50. The summed E-state index contributed by atoms with van der Waals surface area (Å²) in [5.74, 6) is 1.28. The average molecular weight is 522 g/mol. The number of methoxy groups -OCH3 is 2. The van der Waals surface area contributed by atoms with Gasteiger partial charge in [0.15, 0.2) is 11.5 Å². The van der Waals surface area contributed by atoms with Crippen LogP contribution in [-0.2, 0) is 17.8 Å². The van der Waals surface area contributed by atoms with Crippen molar-refractivity contribution in [3.8, 4) is 11.5 Å². The van der Waals surface area contributed by atoms with E-state index in [0.717, 1.165) is 40.1 Å². The van der Waals surface area contributed by atoms with Crippen LogP contribution < -0.4 is 14.8 Å². The van der Waals surface area contributed by atoms with Gasteiger partial charge in [0.1, 0.15) is 6.54 Å². The van der Waals surface area contributed by atoms with Crippen LogP contribution in [0.5, 0.6) is 11.5 Å². The molecule has 0 aliphatic heterocycles. The maximum atomic E-state index is 13.6. The Kier molecular flexibility index (Phi) is 8.71. The molecule has 0 radical (unpaired) electrons. The number of carbonyl (C=O) groups is 2. The van der Waals surface area contributed by atoms with E-state index in [4.69, 9.17) is 9.47 Å². The van der Waals surface area contributed by atoms with Crippen molar-refractivity contribution in [1.29, 1.82) is 0 Å². The zero-order chi connectivity index (χ0) is 26.4.